The molecule has 1 saturated heterocycles. The number of rotatable bonds is 4. The van der Waals surface area contributed by atoms with Crippen molar-refractivity contribution in [1.29, 1.82) is 0 Å². The van der Waals surface area contributed by atoms with Crippen LogP contribution in [0.15, 0.2) is 60.8 Å². The number of hydrogen-bond acceptors (Lipinski definition) is 6. The Morgan fingerprint density at radius 2 is 1.82 bits per heavy atom. The molecule has 1 fully saturated rings. The molecule has 7 heteroatoms. The van der Waals surface area contributed by atoms with Crippen molar-refractivity contribution in [3.8, 4) is 17.0 Å². The van der Waals surface area contributed by atoms with Crippen LogP contribution in [0.1, 0.15) is 10.5 Å². The molecule has 0 saturated carbocycles. The van der Waals surface area contributed by atoms with E-state index in [1.165, 1.54) is 0 Å². The lowest BCUT2D eigenvalue weighted by Gasteiger charge is -2.35. The first-order valence-corrected chi connectivity index (χ1v) is 9.18. The fourth-order valence-corrected chi connectivity index (χ4v) is 3.22. The summed E-state index contributed by atoms with van der Waals surface area (Å²) in [7, 11) is 1.64. The SMILES string of the molecule is COc1cccc(-c2ccc(N3CCN(C(=O)c4ccccn4)CC3)nn2)c1. The lowest BCUT2D eigenvalue weighted by atomic mass is 10.1. The first-order chi connectivity index (χ1) is 13.7. The molecule has 1 aliphatic heterocycles. The molecule has 0 unspecified atom stereocenters. The Hall–Kier alpha value is -3.48. The molecule has 28 heavy (non-hydrogen) atoms. The Kier molecular flexibility index (Phi) is 5.14. The summed E-state index contributed by atoms with van der Waals surface area (Å²) in [4.78, 5) is 20.6. The topological polar surface area (TPSA) is 71.5 Å². The molecule has 0 bridgehead atoms. The Morgan fingerprint density at radius 3 is 2.50 bits per heavy atom. The highest BCUT2D eigenvalue weighted by molar-refractivity contribution is 5.92. The van der Waals surface area contributed by atoms with Gasteiger partial charge in [0.25, 0.3) is 5.91 Å². The monoisotopic (exact) mass is 375 g/mol. The standard InChI is InChI=1S/C21H21N5O2/c1-28-17-6-4-5-16(15-17)18-8-9-20(24-23-18)25-11-13-26(14-12-25)21(27)19-7-2-3-10-22-19/h2-10,15H,11-14H2,1H3. The molecule has 142 valence electrons. The number of piperazine rings is 1. The molecular weight excluding hydrogens is 354 g/mol. The number of methoxy groups -OCH3 is 1. The van der Waals surface area contributed by atoms with Crippen LogP contribution in [0.5, 0.6) is 5.75 Å². The van der Waals surface area contributed by atoms with E-state index in [4.69, 9.17) is 4.74 Å². The van der Waals surface area contributed by atoms with E-state index in [0.717, 1.165) is 22.8 Å². The summed E-state index contributed by atoms with van der Waals surface area (Å²) in [6, 6.07) is 17.1. The van der Waals surface area contributed by atoms with Crippen molar-refractivity contribution in [3.05, 3.63) is 66.5 Å². The van der Waals surface area contributed by atoms with Gasteiger partial charge < -0.3 is 14.5 Å². The number of anilines is 1. The number of nitrogens with zero attached hydrogens (tertiary/aromatic N) is 5. The van der Waals surface area contributed by atoms with Gasteiger partial charge in [0.15, 0.2) is 5.82 Å². The van der Waals surface area contributed by atoms with Crippen molar-refractivity contribution in [2.45, 2.75) is 0 Å². The van der Waals surface area contributed by atoms with Crippen molar-refractivity contribution in [2.24, 2.45) is 0 Å². The van der Waals surface area contributed by atoms with Gasteiger partial charge in [0, 0.05) is 37.9 Å². The average molecular weight is 375 g/mol. The minimum atomic E-state index is -0.0280. The molecule has 0 aliphatic carbocycles. The van der Waals surface area contributed by atoms with Crippen molar-refractivity contribution in [2.75, 3.05) is 38.2 Å². The van der Waals surface area contributed by atoms with Crippen LogP contribution < -0.4 is 9.64 Å². The quantitative estimate of drug-likeness (QED) is 0.698. The van der Waals surface area contributed by atoms with Gasteiger partial charge in [-0.3, -0.25) is 9.78 Å². The number of carbonyl (C=O) groups is 1. The predicted octanol–water partition coefficient (Wildman–Crippen LogP) is 2.51. The van der Waals surface area contributed by atoms with Gasteiger partial charge in [-0.05, 0) is 36.4 Å². The summed E-state index contributed by atoms with van der Waals surface area (Å²) in [5.41, 5.74) is 2.24. The summed E-state index contributed by atoms with van der Waals surface area (Å²) in [5, 5.41) is 8.75. The molecular formula is C21H21N5O2. The molecule has 1 aromatic carbocycles. The maximum atomic E-state index is 12.5. The van der Waals surface area contributed by atoms with Gasteiger partial charge in [0.2, 0.25) is 0 Å². The summed E-state index contributed by atoms with van der Waals surface area (Å²) < 4.78 is 5.26. The van der Waals surface area contributed by atoms with Crippen LogP contribution in [0.25, 0.3) is 11.3 Å². The number of pyridine rings is 1. The zero-order valence-corrected chi connectivity index (χ0v) is 15.7. The highest BCUT2D eigenvalue weighted by atomic mass is 16.5. The van der Waals surface area contributed by atoms with E-state index in [1.807, 2.05) is 53.4 Å². The minimum Gasteiger partial charge on any atom is -0.497 e. The van der Waals surface area contributed by atoms with Gasteiger partial charge in [0.1, 0.15) is 11.4 Å². The van der Waals surface area contributed by atoms with E-state index < -0.39 is 0 Å². The Bertz CT molecular complexity index is 939. The van der Waals surface area contributed by atoms with Crippen LogP contribution in [-0.4, -0.2) is 59.3 Å². The number of benzene rings is 1. The maximum absolute atomic E-state index is 12.5. The molecule has 4 rings (SSSR count). The van der Waals surface area contributed by atoms with Gasteiger partial charge in [-0.2, -0.15) is 0 Å². The largest absolute Gasteiger partial charge is 0.497 e. The molecule has 0 N–H and O–H groups in total. The number of hydrogen-bond donors (Lipinski definition) is 0. The van der Waals surface area contributed by atoms with E-state index >= 15 is 0 Å². The molecule has 0 spiro atoms. The molecule has 7 nitrogen and oxygen atoms in total. The summed E-state index contributed by atoms with van der Waals surface area (Å²) in [6.45, 7) is 2.70. The van der Waals surface area contributed by atoms with Crippen LogP contribution >= 0.6 is 0 Å². The van der Waals surface area contributed by atoms with E-state index in [1.54, 1.807) is 19.4 Å². The van der Waals surface area contributed by atoms with Gasteiger partial charge in [0.05, 0.1) is 12.8 Å². The summed E-state index contributed by atoms with van der Waals surface area (Å²) in [6.07, 6.45) is 1.64. The summed E-state index contributed by atoms with van der Waals surface area (Å²) >= 11 is 0. The number of aromatic nitrogens is 3. The van der Waals surface area contributed by atoms with Gasteiger partial charge in [-0.15, -0.1) is 10.2 Å². The zero-order chi connectivity index (χ0) is 19.3. The molecule has 3 heterocycles. The zero-order valence-electron chi connectivity index (χ0n) is 15.7. The van der Waals surface area contributed by atoms with Gasteiger partial charge in [-0.25, -0.2) is 0 Å². The van der Waals surface area contributed by atoms with Crippen LogP contribution in [-0.2, 0) is 0 Å². The first kappa shape index (κ1) is 17.9. The third kappa shape index (κ3) is 3.78. The van der Waals surface area contributed by atoms with E-state index in [0.29, 0.717) is 31.9 Å². The van der Waals surface area contributed by atoms with Crippen molar-refractivity contribution in [1.82, 2.24) is 20.1 Å². The lowest BCUT2D eigenvalue weighted by Crippen LogP contribution is -2.49. The van der Waals surface area contributed by atoms with Gasteiger partial charge >= 0.3 is 0 Å². The second-order valence-electron chi connectivity index (χ2n) is 6.50. The lowest BCUT2D eigenvalue weighted by molar-refractivity contribution is 0.0740. The molecule has 2 aromatic heterocycles. The highest BCUT2D eigenvalue weighted by Gasteiger charge is 2.23. The van der Waals surface area contributed by atoms with Crippen LogP contribution in [0.2, 0.25) is 0 Å². The third-order valence-corrected chi connectivity index (χ3v) is 4.79. The first-order valence-electron chi connectivity index (χ1n) is 9.18. The molecule has 3 aromatic rings. The van der Waals surface area contributed by atoms with E-state index in [9.17, 15) is 4.79 Å². The molecule has 0 atom stereocenters. The fraction of sp³-hybridized carbons (Fsp3) is 0.238. The molecule has 1 amide bonds. The maximum Gasteiger partial charge on any atom is 0.272 e. The second kappa shape index (κ2) is 8.04. The fourth-order valence-electron chi connectivity index (χ4n) is 3.22. The van der Waals surface area contributed by atoms with E-state index in [2.05, 4.69) is 20.1 Å². The number of amides is 1. The normalized spacial score (nSPS) is 14.0. The van der Waals surface area contributed by atoms with Gasteiger partial charge in [-0.1, -0.05) is 18.2 Å². The molecule has 1 aliphatic rings. The van der Waals surface area contributed by atoms with Crippen LogP contribution in [0.3, 0.4) is 0 Å². The number of carbonyl (C=O) groups excluding carboxylic acids is 1. The predicted molar refractivity (Wildman–Crippen MR) is 106 cm³/mol. The average Bonchev–Trinajstić information content (AvgIpc) is 2.79. The minimum absolute atomic E-state index is 0.0280. The Labute approximate surface area is 163 Å². The Morgan fingerprint density at radius 1 is 0.964 bits per heavy atom. The van der Waals surface area contributed by atoms with Crippen LogP contribution in [0, 0.1) is 0 Å². The van der Waals surface area contributed by atoms with E-state index in [-0.39, 0.29) is 5.91 Å². The van der Waals surface area contributed by atoms with Crippen molar-refractivity contribution in [3.63, 3.8) is 0 Å². The van der Waals surface area contributed by atoms with Crippen LogP contribution in [0.4, 0.5) is 5.82 Å². The molecule has 0 radical (unpaired) electrons. The highest BCUT2D eigenvalue weighted by Crippen LogP contribution is 2.23. The second-order valence-corrected chi connectivity index (χ2v) is 6.50. The van der Waals surface area contributed by atoms with Crippen molar-refractivity contribution < 1.29 is 9.53 Å². The smallest absolute Gasteiger partial charge is 0.272 e. The van der Waals surface area contributed by atoms with Crippen molar-refractivity contribution >= 4 is 11.7 Å². The summed E-state index contributed by atoms with van der Waals surface area (Å²) in [5.74, 6) is 1.58. The third-order valence-electron chi connectivity index (χ3n) is 4.79. The number of ether oxygens (including phenoxy) is 1. The Balaban J connectivity index is 1.40.